The molecular formula is C18H19FN2O4S. The SMILES string of the molecule is C[C@@H](C1CC1)N(Cc1ccccc1)S(=O)(=O)c1ccc(F)c([N+](=O)[O-])c1. The first-order valence-electron chi connectivity index (χ1n) is 8.30. The lowest BCUT2D eigenvalue weighted by Crippen LogP contribution is -2.39. The second-order valence-corrected chi connectivity index (χ2v) is 8.37. The van der Waals surface area contributed by atoms with Gasteiger partial charge in [-0.15, -0.1) is 0 Å². The third kappa shape index (κ3) is 3.76. The summed E-state index contributed by atoms with van der Waals surface area (Å²) >= 11 is 0. The van der Waals surface area contributed by atoms with Crippen molar-refractivity contribution in [3.05, 3.63) is 70.0 Å². The molecule has 3 rings (SSSR count). The average Bonchev–Trinajstić information content (AvgIpc) is 3.45. The molecule has 0 spiro atoms. The predicted molar refractivity (Wildman–Crippen MR) is 94.4 cm³/mol. The largest absolute Gasteiger partial charge is 0.306 e. The van der Waals surface area contributed by atoms with Gasteiger partial charge in [-0.25, -0.2) is 8.42 Å². The van der Waals surface area contributed by atoms with E-state index in [2.05, 4.69) is 0 Å². The number of hydrogen-bond acceptors (Lipinski definition) is 4. The van der Waals surface area contributed by atoms with Crippen molar-refractivity contribution in [1.82, 2.24) is 4.31 Å². The van der Waals surface area contributed by atoms with Crippen molar-refractivity contribution in [2.75, 3.05) is 0 Å². The molecule has 8 heteroatoms. The summed E-state index contributed by atoms with van der Waals surface area (Å²) in [6.45, 7) is 2.00. The highest BCUT2D eigenvalue weighted by Gasteiger charge is 2.39. The Morgan fingerprint density at radius 2 is 1.88 bits per heavy atom. The van der Waals surface area contributed by atoms with Crippen LogP contribution in [0.15, 0.2) is 53.4 Å². The molecule has 6 nitrogen and oxygen atoms in total. The lowest BCUT2D eigenvalue weighted by Gasteiger charge is -2.28. The van der Waals surface area contributed by atoms with Crippen LogP contribution in [-0.2, 0) is 16.6 Å². The standard InChI is InChI=1S/C18H19FN2O4S/c1-13(15-7-8-15)20(12-14-5-3-2-4-6-14)26(24,25)16-9-10-17(19)18(11-16)21(22)23/h2-6,9-11,13,15H,7-8,12H2,1H3/t13-/m0/s1. The molecule has 2 aromatic carbocycles. The first-order valence-corrected chi connectivity index (χ1v) is 9.74. The zero-order valence-electron chi connectivity index (χ0n) is 14.2. The Kier molecular flexibility index (Phi) is 5.06. The molecule has 2 aromatic rings. The summed E-state index contributed by atoms with van der Waals surface area (Å²) < 4.78 is 41.3. The summed E-state index contributed by atoms with van der Waals surface area (Å²) in [5.41, 5.74) is -0.0232. The van der Waals surface area contributed by atoms with Crippen molar-refractivity contribution in [3.63, 3.8) is 0 Å². The smallest absolute Gasteiger partial charge is 0.258 e. The average molecular weight is 378 g/mol. The Hall–Kier alpha value is -2.32. The summed E-state index contributed by atoms with van der Waals surface area (Å²) in [6, 6.07) is 11.6. The van der Waals surface area contributed by atoms with Gasteiger partial charge < -0.3 is 0 Å². The lowest BCUT2D eigenvalue weighted by molar-refractivity contribution is -0.387. The molecule has 0 heterocycles. The number of sulfonamides is 1. The van der Waals surface area contributed by atoms with Gasteiger partial charge in [0.05, 0.1) is 9.82 Å². The Morgan fingerprint density at radius 1 is 1.23 bits per heavy atom. The molecule has 0 aliphatic heterocycles. The number of benzene rings is 2. The van der Waals surface area contributed by atoms with Crippen LogP contribution < -0.4 is 0 Å². The second-order valence-electron chi connectivity index (χ2n) is 6.48. The maximum Gasteiger partial charge on any atom is 0.306 e. The van der Waals surface area contributed by atoms with Gasteiger partial charge in [0.25, 0.3) is 0 Å². The van der Waals surface area contributed by atoms with Crippen molar-refractivity contribution in [1.29, 1.82) is 0 Å². The highest BCUT2D eigenvalue weighted by atomic mass is 32.2. The maximum atomic E-state index is 13.6. The molecule has 26 heavy (non-hydrogen) atoms. The van der Waals surface area contributed by atoms with Gasteiger partial charge in [0.2, 0.25) is 15.8 Å². The van der Waals surface area contributed by atoms with Gasteiger partial charge in [-0.2, -0.15) is 8.70 Å². The van der Waals surface area contributed by atoms with E-state index in [-0.39, 0.29) is 23.4 Å². The second kappa shape index (κ2) is 7.13. The normalized spacial score (nSPS) is 15.8. The quantitative estimate of drug-likeness (QED) is 0.543. The third-order valence-corrected chi connectivity index (χ3v) is 6.59. The van der Waals surface area contributed by atoms with Gasteiger partial charge in [0, 0.05) is 18.7 Å². The molecule has 0 saturated heterocycles. The molecular weight excluding hydrogens is 359 g/mol. The number of nitro groups is 1. The minimum atomic E-state index is -4.01. The highest BCUT2D eigenvalue weighted by Crippen LogP contribution is 2.38. The molecule has 0 aromatic heterocycles. The zero-order valence-corrected chi connectivity index (χ0v) is 15.0. The van der Waals surface area contributed by atoms with Gasteiger partial charge in [0.15, 0.2) is 0 Å². The van der Waals surface area contributed by atoms with Gasteiger partial charge in [-0.3, -0.25) is 10.1 Å². The first kappa shape index (κ1) is 18.5. The molecule has 1 fully saturated rings. The van der Waals surface area contributed by atoms with Crippen molar-refractivity contribution in [2.24, 2.45) is 5.92 Å². The topological polar surface area (TPSA) is 80.5 Å². The van der Waals surface area contributed by atoms with Crippen LogP contribution in [0.25, 0.3) is 0 Å². The summed E-state index contributed by atoms with van der Waals surface area (Å²) in [6.07, 6.45) is 1.90. The van der Waals surface area contributed by atoms with E-state index in [1.807, 2.05) is 37.3 Å². The van der Waals surface area contributed by atoms with Gasteiger partial charge in [0.1, 0.15) is 0 Å². The fourth-order valence-corrected chi connectivity index (χ4v) is 4.65. The van der Waals surface area contributed by atoms with Gasteiger partial charge in [-0.1, -0.05) is 30.3 Å². The summed E-state index contributed by atoms with van der Waals surface area (Å²) in [5.74, 6) is -0.789. The number of rotatable bonds is 7. The van der Waals surface area contributed by atoms with Crippen LogP contribution in [0.4, 0.5) is 10.1 Å². The number of nitrogens with zero attached hydrogens (tertiary/aromatic N) is 2. The van der Waals surface area contributed by atoms with E-state index in [0.717, 1.165) is 36.6 Å². The van der Waals surface area contributed by atoms with Crippen molar-refractivity contribution >= 4 is 15.7 Å². The summed E-state index contributed by atoms with van der Waals surface area (Å²) in [4.78, 5) is 9.79. The first-order chi connectivity index (χ1) is 12.3. The van der Waals surface area contributed by atoms with Crippen LogP contribution in [0, 0.1) is 21.8 Å². The summed E-state index contributed by atoms with van der Waals surface area (Å²) in [7, 11) is -4.01. The van der Waals surface area contributed by atoms with Crippen LogP contribution in [0.2, 0.25) is 0 Å². The maximum absolute atomic E-state index is 13.6. The van der Waals surface area contributed by atoms with Crippen LogP contribution in [0.1, 0.15) is 25.3 Å². The molecule has 1 aliphatic carbocycles. The number of hydrogen-bond donors (Lipinski definition) is 0. The van der Waals surface area contributed by atoms with Gasteiger partial charge in [-0.05, 0) is 43.4 Å². The van der Waals surface area contributed by atoms with E-state index in [0.29, 0.717) is 0 Å². The van der Waals surface area contributed by atoms with E-state index in [1.54, 1.807) is 0 Å². The molecule has 0 bridgehead atoms. The van der Waals surface area contributed by atoms with E-state index >= 15 is 0 Å². The monoisotopic (exact) mass is 378 g/mol. The van der Waals surface area contributed by atoms with E-state index < -0.39 is 26.5 Å². The number of nitro benzene ring substituents is 1. The third-order valence-electron chi connectivity index (χ3n) is 4.66. The zero-order chi connectivity index (χ0) is 18.9. The Morgan fingerprint density at radius 3 is 2.46 bits per heavy atom. The van der Waals surface area contributed by atoms with Crippen LogP contribution in [0.3, 0.4) is 0 Å². The fraction of sp³-hybridized carbons (Fsp3) is 0.333. The molecule has 1 atom stereocenters. The van der Waals surface area contributed by atoms with Gasteiger partial charge >= 0.3 is 5.69 Å². The fourth-order valence-electron chi connectivity index (χ4n) is 2.95. The molecule has 138 valence electrons. The molecule has 0 amide bonds. The molecule has 0 unspecified atom stereocenters. The summed E-state index contributed by atoms with van der Waals surface area (Å²) in [5, 5.41) is 11.0. The van der Waals surface area contributed by atoms with E-state index in [1.165, 1.54) is 4.31 Å². The van der Waals surface area contributed by atoms with Crippen molar-refractivity contribution in [3.8, 4) is 0 Å². The van der Waals surface area contributed by atoms with Crippen LogP contribution in [0.5, 0.6) is 0 Å². The number of halogens is 1. The minimum Gasteiger partial charge on any atom is -0.258 e. The predicted octanol–water partition coefficient (Wildman–Crippen LogP) is 3.72. The molecule has 0 radical (unpaired) electrons. The van der Waals surface area contributed by atoms with E-state index in [9.17, 15) is 22.9 Å². The molecule has 1 saturated carbocycles. The Balaban J connectivity index is 2.01. The van der Waals surface area contributed by atoms with Crippen molar-refractivity contribution < 1.29 is 17.7 Å². The van der Waals surface area contributed by atoms with Crippen molar-refractivity contribution in [2.45, 2.75) is 37.2 Å². The molecule has 1 aliphatic rings. The lowest BCUT2D eigenvalue weighted by atomic mass is 10.2. The minimum absolute atomic E-state index is 0.159. The highest BCUT2D eigenvalue weighted by molar-refractivity contribution is 7.89. The Labute approximate surface area is 151 Å². The Bertz CT molecular complexity index is 914. The molecule has 0 N–H and O–H groups in total. The van der Waals surface area contributed by atoms with Crippen LogP contribution in [-0.4, -0.2) is 23.7 Å². The van der Waals surface area contributed by atoms with E-state index in [4.69, 9.17) is 0 Å². The van der Waals surface area contributed by atoms with Crippen LogP contribution >= 0.6 is 0 Å².